The van der Waals surface area contributed by atoms with E-state index in [0.717, 1.165) is 17.6 Å². The third-order valence-corrected chi connectivity index (χ3v) is 5.40. The average molecular weight is 383 g/mol. The molecule has 0 aromatic heterocycles. The summed E-state index contributed by atoms with van der Waals surface area (Å²) in [6.07, 6.45) is 7.33. The van der Waals surface area contributed by atoms with Crippen LogP contribution < -0.4 is 5.73 Å². The van der Waals surface area contributed by atoms with E-state index in [4.69, 9.17) is 10.5 Å². The standard InChI is InChI=1S/C22H29N3O3/c1-17-7-5-6-10-19(17)16-28-22(27)25-13-11-24(12-14-25)21(26)20(23)15-18-8-3-2-4-9-18/h2-6,8-10,17,20H,7,11-16,23H2,1H3. The molecule has 6 heteroatoms. The monoisotopic (exact) mass is 383 g/mol. The van der Waals surface area contributed by atoms with Gasteiger partial charge >= 0.3 is 6.09 Å². The Balaban J connectivity index is 1.43. The molecular weight excluding hydrogens is 354 g/mol. The van der Waals surface area contributed by atoms with Crippen LogP contribution in [0.1, 0.15) is 18.9 Å². The summed E-state index contributed by atoms with van der Waals surface area (Å²) in [5.41, 5.74) is 8.29. The number of carbonyl (C=O) groups excluding carboxylic acids is 2. The van der Waals surface area contributed by atoms with Crippen LogP contribution in [0.25, 0.3) is 0 Å². The van der Waals surface area contributed by atoms with Crippen molar-refractivity contribution in [1.29, 1.82) is 0 Å². The van der Waals surface area contributed by atoms with E-state index >= 15 is 0 Å². The van der Waals surface area contributed by atoms with Crippen LogP contribution in [-0.2, 0) is 16.0 Å². The normalized spacial score (nSPS) is 20.5. The number of piperazine rings is 1. The second kappa shape index (κ2) is 9.55. The molecule has 1 fully saturated rings. The molecule has 2 aliphatic rings. The third-order valence-electron chi connectivity index (χ3n) is 5.40. The maximum atomic E-state index is 12.6. The number of amides is 2. The molecule has 28 heavy (non-hydrogen) atoms. The molecule has 150 valence electrons. The van der Waals surface area contributed by atoms with Crippen LogP contribution in [0.4, 0.5) is 4.79 Å². The maximum absolute atomic E-state index is 12.6. The number of hydrogen-bond donors (Lipinski definition) is 1. The van der Waals surface area contributed by atoms with Crippen molar-refractivity contribution in [3.63, 3.8) is 0 Å². The first kappa shape index (κ1) is 20.1. The Labute approximate surface area is 166 Å². The summed E-state index contributed by atoms with van der Waals surface area (Å²) < 4.78 is 5.47. The van der Waals surface area contributed by atoms with Gasteiger partial charge in [0.05, 0.1) is 6.04 Å². The highest BCUT2D eigenvalue weighted by molar-refractivity contribution is 5.82. The van der Waals surface area contributed by atoms with Crippen molar-refractivity contribution in [2.75, 3.05) is 32.8 Å². The zero-order valence-corrected chi connectivity index (χ0v) is 16.4. The first-order valence-electron chi connectivity index (χ1n) is 9.90. The molecule has 1 aliphatic heterocycles. The van der Waals surface area contributed by atoms with Crippen molar-refractivity contribution >= 4 is 12.0 Å². The summed E-state index contributed by atoms with van der Waals surface area (Å²) in [6.45, 7) is 4.36. The minimum atomic E-state index is -0.561. The predicted octanol–water partition coefficient (Wildman–Crippen LogP) is 2.36. The van der Waals surface area contributed by atoms with Gasteiger partial charge in [-0.15, -0.1) is 0 Å². The number of allylic oxidation sites excluding steroid dienone is 3. The van der Waals surface area contributed by atoms with Gasteiger partial charge in [0.15, 0.2) is 0 Å². The van der Waals surface area contributed by atoms with E-state index in [9.17, 15) is 9.59 Å². The summed E-state index contributed by atoms with van der Waals surface area (Å²) in [7, 11) is 0. The molecule has 0 spiro atoms. The molecular formula is C22H29N3O3. The van der Waals surface area contributed by atoms with Gasteiger partial charge in [0.2, 0.25) is 5.91 Å². The first-order valence-corrected chi connectivity index (χ1v) is 9.90. The van der Waals surface area contributed by atoms with Crippen molar-refractivity contribution in [2.24, 2.45) is 11.7 Å². The Morgan fingerprint density at radius 3 is 2.50 bits per heavy atom. The van der Waals surface area contributed by atoms with Gasteiger partial charge in [-0.05, 0) is 29.9 Å². The maximum Gasteiger partial charge on any atom is 0.410 e. The molecule has 1 aromatic rings. The lowest BCUT2D eigenvalue weighted by Gasteiger charge is -2.35. The van der Waals surface area contributed by atoms with Crippen molar-refractivity contribution in [3.05, 3.63) is 59.7 Å². The fraction of sp³-hybridized carbons (Fsp3) is 0.455. The highest BCUT2D eigenvalue weighted by Crippen LogP contribution is 2.20. The lowest BCUT2D eigenvalue weighted by molar-refractivity contribution is -0.134. The Kier molecular flexibility index (Phi) is 6.87. The van der Waals surface area contributed by atoms with Crippen LogP contribution in [0.2, 0.25) is 0 Å². The van der Waals surface area contributed by atoms with Gasteiger partial charge in [-0.3, -0.25) is 4.79 Å². The van der Waals surface area contributed by atoms with Gasteiger partial charge in [-0.25, -0.2) is 4.79 Å². The minimum Gasteiger partial charge on any atom is -0.445 e. The number of rotatable bonds is 5. The molecule has 1 heterocycles. The lowest BCUT2D eigenvalue weighted by atomic mass is 9.94. The summed E-state index contributed by atoms with van der Waals surface area (Å²) in [5.74, 6) is 0.336. The second-order valence-corrected chi connectivity index (χ2v) is 7.47. The van der Waals surface area contributed by atoms with E-state index in [2.05, 4.69) is 13.0 Å². The third kappa shape index (κ3) is 5.23. The van der Waals surface area contributed by atoms with E-state index in [-0.39, 0.29) is 12.0 Å². The van der Waals surface area contributed by atoms with E-state index in [1.807, 2.05) is 42.5 Å². The molecule has 2 unspecified atom stereocenters. The van der Waals surface area contributed by atoms with Crippen LogP contribution in [-0.4, -0.2) is 60.6 Å². The van der Waals surface area contributed by atoms with Crippen LogP contribution >= 0.6 is 0 Å². The van der Waals surface area contributed by atoms with Crippen molar-refractivity contribution < 1.29 is 14.3 Å². The zero-order valence-electron chi connectivity index (χ0n) is 16.4. The van der Waals surface area contributed by atoms with Crippen LogP contribution in [0, 0.1) is 5.92 Å². The molecule has 0 saturated carbocycles. The molecule has 0 bridgehead atoms. The van der Waals surface area contributed by atoms with Crippen molar-refractivity contribution in [1.82, 2.24) is 9.80 Å². The van der Waals surface area contributed by atoms with Gasteiger partial charge in [0, 0.05) is 26.2 Å². The number of nitrogens with zero attached hydrogens (tertiary/aromatic N) is 2. The molecule has 1 aromatic carbocycles. The highest BCUT2D eigenvalue weighted by Gasteiger charge is 2.28. The van der Waals surface area contributed by atoms with E-state index < -0.39 is 6.04 Å². The average Bonchev–Trinajstić information content (AvgIpc) is 2.73. The lowest BCUT2D eigenvalue weighted by Crippen LogP contribution is -2.54. The number of ether oxygens (including phenoxy) is 1. The quantitative estimate of drug-likeness (QED) is 0.847. The summed E-state index contributed by atoms with van der Waals surface area (Å²) >= 11 is 0. The van der Waals surface area contributed by atoms with E-state index in [0.29, 0.717) is 45.1 Å². The summed E-state index contributed by atoms with van der Waals surface area (Å²) in [4.78, 5) is 28.3. The number of carbonyl (C=O) groups is 2. The van der Waals surface area contributed by atoms with Gasteiger partial charge in [0.1, 0.15) is 6.61 Å². The fourth-order valence-corrected chi connectivity index (χ4v) is 3.52. The highest BCUT2D eigenvalue weighted by atomic mass is 16.6. The first-order chi connectivity index (χ1) is 13.5. The number of nitrogens with two attached hydrogens (primary N) is 1. The minimum absolute atomic E-state index is 0.0650. The smallest absolute Gasteiger partial charge is 0.410 e. The van der Waals surface area contributed by atoms with Crippen LogP contribution in [0.15, 0.2) is 54.1 Å². The molecule has 2 amide bonds. The second-order valence-electron chi connectivity index (χ2n) is 7.47. The Bertz CT molecular complexity index is 737. The Morgan fingerprint density at radius 1 is 1.14 bits per heavy atom. The van der Waals surface area contributed by atoms with E-state index in [1.54, 1.807) is 9.80 Å². The summed E-state index contributed by atoms with van der Waals surface area (Å²) in [6, 6.07) is 9.21. The van der Waals surface area contributed by atoms with Gasteiger partial charge < -0.3 is 20.3 Å². The van der Waals surface area contributed by atoms with E-state index in [1.165, 1.54) is 0 Å². The number of benzene rings is 1. The molecule has 0 radical (unpaired) electrons. The predicted molar refractivity (Wildman–Crippen MR) is 109 cm³/mol. The summed E-state index contributed by atoms with van der Waals surface area (Å²) in [5, 5.41) is 0. The van der Waals surface area contributed by atoms with Crippen LogP contribution in [0.3, 0.4) is 0 Å². The topological polar surface area (TPSA) is 75.9 Å². The molecule has 1 saturated heterocycles. The number of hydrogen-bond acceptors (Lipinski definition) is 4. The molecule has 1 aliphatic carbocycles. The Hall–Kier alpha value is -2.60. The zero-order chi connectivity index (χ0) is 19.9. The van der Waals surface area contributed by atoms with Gasteiger partial charge in [0.25, 0.3) is 0 Å². The van der Waals surface area contributed by atoms with Gasteiger partial charge in [-0.1, -0.05) is 55.5 Å². The van der Waals surface area contributed by atoms with Gasteiger partial charge in [-0.2, -0.15) is 0 Å². The molecule has 2 atom stereocenters. The molecule has 6 nitrogen and oxygen atoms in total. The van der Waals surface area contributed by atoms with Crippen molar-refractivity contribution in [2.45, 2.75) is 25.8 Å². The van der Waals surface area contributed by atoms with Crippen molar-refractivity contribution in [3.8, 4) is 0 Å². The van der Waals surface area contributed by atoms with Crippen LogP contribution in [0.5, 0.6) is 0 Å². The SMILES string of the molecule is CC1CC=CC=C1COC(=O)N1CCN(C(=O)C(N)Cc2ccccc2)CC1. The fourth-order valence-electron chi connectivity index (χ4n) is 3.52. The largest absolute Gasteiger partial charge is 0.445 e. The molecule has 3 rings (SSSR count). The Morgan fingerprint density at radius 2 is 1.82 bits per heavy atom. The molecule has 2 N–H and O–H groups in total.